The van der Waals surface area contributed by atoms with Gasteiger partial charge in [-0.1, -0.05) is 53.3 Å². The van der Waals surface area contributed by atoms with Crippen LogP contribution >= 0.6 is 11.3 Å². The van der Waals surface area contributed by atoms with Crippen LogP contribution in [0, 0.1) is 6.92 Å². The molecule has 26 heavy (non-hydrogen) atoms. The van der Waals surface area contributed by atoms with Crippen LogP contribution in [0.1, 0.15) is 26.8 Å². The Morgan fingerprint density at radius 2 is 1.81 bits per heavy atom. The smallest absolute Gasteiger partial charge is 0.303 e. The van der Waals surface area contributed by atoms with Crippen LogP contribution in [0.3, 0.4) is 0 Å². The number of nitrogens with zero attached hydrogens (tertiary/aromatic N) is 2. The summed E-state index contributed by atoms with van der Waals surface area (Å²) in [6.07, 6.45) is 0.234. The Morgan fingerprint density at radius 1 is 1.08 bits per heavy atom. The highest BCUT2D eigenvalue weighted by Gasteiger charge is 2.14. The molecular formula is C19H17N3O3S. The van der Waals surface area contributed by atoms with Gasteiger partial charge in [-0.2, -0.15) is 0 Å². The molecule has 0 saturated carbocycles. The van der Waals surface area contributed by atoms with E-state index in [0.29, 0.717) is 10.7 Å². The number of hydrogen-bond donors (Lipinski definition) is 2. The van der Waals surface area contributed by atoms with Crippen molar-refractivity contribution in [3.8, 4) is 11.1 Å². The van der Waals surface area contributed by atoms with Crippen molar-refractivity contribution in [3.05, 3.63) is 64.1 Å². The molecule has 2 aromatic carbocycles. The number of carboxylic acid groups (broad SMARTS) is 1. The molecule has 0 spiro atoms. The van der Waals surface area contributed by atoms with Gasteiger partial charge in [-0.3, -0.25) is 9.59 Å². The van der Waals surface area contributed by atoms with Crippen LogP contribution in [0.2, 0.25) is 0 Å². The average Bonchev–Trinajstić information content (AvgIpc) is 3.09. The Labute approximate surface area is 154 Å². The second-order valence-electron chi connectivity index (χ2n) is 5.80. The van der Waals surface area contributed by atoms with Crippen LogP contribution in [0.4, 0.5) is 5.69 Å². The van der Waals surface area contributed by atoms with Crippen molar-refractivity contribution in [1.82, 2.24) is 10.2 Å². The number of nitrogens with one attached hydrogen (secondary N) is 1. The van der Waals surface area contributed by atoms with Crippen LogP contribution in [-0.4, -0.2) is 27.2 Å². The van der Waals surface area contributed by atoms with E-state index in [1.165, 1.54) is 5.56 Å². The van der Waals surface area contributed by atoms with Crippen LogP contribution in [-0.2, 0) is 11.2 Å². The minimum absolute atomic E-state index is 0.0329. The molecule has 0 aliphatic heterocycles. The molecule has 0 unspecified atom stereocenters. The van der Waals surface area contributed by atoms with Gasteiger partial charge < -0.3 is 10.4 Å². The Hall–Kier alpha value is -3.06. The van der Waals surface area contributed by atoms with E-state index in [2.05, 4.69) is 21.6 Å². The largest absolute Gasteiger partial charge is 0.481 e. The summed E-state index contributed by atoms with van der Waals surface area (Å²) in [7, 11) is 0. The number of carbonyl (C=O) groups is 2. The Bertz CT molecular complexity index is 952. The number of aryl methyl sites for hydroxylation is 2. The first-order valence-electron chi connectivity index (χ1n) is 8.04. The highest BCUT2D eigenvalue weighted by atomic mass is 32.1. The number of carbonyl (C=O) groups excluding carboxylic acids is 1. The summed E-state index contributed by atoms with van der Waals surface area (Å²) in [5.41, 5.74) is 3.91. The number of rotatable bonds is 6. The van der Waals surface area contributed by atoms with E-state index in [-0.39, 0.29) is 23.8 Å². The molecule has 0 saturated heterocycles. The lowest BCUT2D eigenvalue weighted by atomic mass is 10.0. The lowest BCUT2D eigenvalue weighted by Crippen LogP contribution is -2.11. The van der Waals surface area contributed by atoms with Crippen molar-refractivity contribution >= 4 is 28.9 Å². The van der Waals surface area contributed by atoms with E-state index < -0.39 is 5.97 Å². The second-order valence-corrected chi connectivity index (χ2v) is 6.86. The summed E-state index contributed by atoms with van der Waals surface area (Å²) >= 11 is 1.11. The molecule has 3 aromatic rings. The van der Waals surface area contributed by atoms with Gasteiger partial charge in [-0.05, 0) is 30.2 Å². The summed E-state index contributed by atoms with van der Waals surface area (Å²) in [6, 6.07) is 15.7. The molecule has 0 bridgehead atoms. The van der Waals surface area contributed by atoms with Gasteiger partial charge in [0.2, 0.25) is 5.01 Å². The molecular weight excluding hydrogens is 350 g/mol. The quantitative estimate of drug-likeness (QED) is 0.692. The molecule has 0 atom stereocenters. The molecule has 0 fully saturated rings. The highest BCUT2D eigenvalue weighted by Crippen LogP contribution is 2.24. The topological polar surface area (TPSA) is 92.2 Å². The van der Waals surface area contributed by atoms with Crippen LogP contribution in [0.15, 0.2) is 48.5 Å². The molecule has 0 radical (unpaired) electrons. The summed E-state index contributed by atoms with van der Waals surface area (Å²) < 4.78 is 0. The number of amides is 1. The molecule has 0 aliphatic carbocycles. The molecule has 3 rings (SSSR count). The fourth-order valence-electron chi connectivity index (χ4n) is 2.45. The Balaban J connectivity index is 1.72. The number of aromatic nitrogens is 2. The fourth-order valence-corrected chi connectivity index (χ4v) is 3.18. The van der Waals surface area contributed by atoms with Crippen molar-refractivity contribution in [2.75, 3.05) is 5.32 Å². The predicted octanol–water partition coefficient (Wildman–Crippen LogP) is 3.78. The van der Waals surface area contributed by atoms with Crippen molar-refractivity contribution < 1.29 is 14.7 Å². The number of benzene rings is 2. The van der Waals surface area contributed by atoms with Gasteiger partial charge in [0.1, 0.15) is 5.01 Å². The summed E-state index contributed by atoms with van der Waals surface area (Å²) in [4.78, 5) is 22.9. The average molecular weight is 367 g/mol. The van der Waals surface area contributed by atoms with E-state index in [1.54, 1.807) is 0 Å². The van der Waals surface area contributed by atoms with Gasteiger partial charge in [0.25, 0.3) is 5.91 Å². The van der Waals surface area contributed by atoms with E-state index >= 15 is 0 Å². The standard InChI is InChI=1S/C19H17N3O3S/c1-12-4-2-5-13(10-12)14-6-3-7-15(11-14)20-18(25)19-22-21-16(26-19)8-9-17(23)24/h2-7,10-11H,8-9H2,1H3,(H,20,25)(H,23,24). The van der Waals surface area contributed by atoms with E-state index in [4.69, 9.17) is 5.11 Å². The molecule has 1 aromatic heterocycles. The third-order valence-electron chi connectivity index (χ3n) is 3.69. The number of anilines is 1. The van der Waals surface area contributed by atoms with Gasteiger partial charge in [-0.25, -0.2) is 0 Å². The normalized spacial score (nSPS) is 10.5. The van der Waals surface area contributed by atoms with Crippen molar-refractivity contribution in [3.63, 3.8) is 0 Å². The first kappa shape index (κ1) is 17.8. The van der Waals surface area contributed by atoms with E-state index in [0.717, 1.165) is 22.5 Å². The summed E-state index contributed by atoms with van der Waals surface area (Å²) in [6.45, 7) is 2.03. The number of aliphatic carboxylic acids is 1. The van der Waals surface area contributed by atoms with Gasteiger partial charge >= 0.3 is 5.97 Å². The summed E-state index contributed by atoms with van der Waals surface area (Å²) in [5, 5.41) is 20.0. The zero-order valence-corrected chi connectivity index (χ0v) is 14.9. The predicted molar refractivity (Wildman–Crippen MR) is 100 cm³/mol. The maximum absolute atomic E-state index is 12.3. The first-order chi connectivity index (χ1) is 12.5. The van der Waals surface area contributed by atoms with Crippen LogP contribution in [0.25, 0.3) is 11.1 Å². The fraction of sp³-hybridized carbons (Fsp3) is 0.158. The number of hydrogen-bond acceptors (Lipinski definition) is 5. The maximum atomic E-state index is 12.3. The monoisotopic (exact) mass is 367 g/mol. The molecule has 0 aliphatic rings. The molecule has 1 amide bonds. The van der Waals surface area contributed by atoms with Gasteiger partial charge in [0, 0.05) is 12.1 Å². The minimum atomic E-state index is -0.904. The molecule has 132 valence electrons. The minimum Gasteiger partial charge on any atom is -0.481 e. The Kier molecular flexibility index (Phi) is 5.38. The molecule has 1 heterocycles. The SMILES string of the molecule is Cc1cccc(-c2cccc(NC(=O)c3nnc(CCC(=O)O)s3)c2)c1. The van der Waals surface area contributed by atoms with Crippen molar-refractivity contribution in [2.45, 2.75) is 19.8 Å². The van der Waals surface area contributed by atoms with E-state index in [9.17, 15) is 9.59 Å². The van der Waals surface area contributed by atoms with Crippen molar-refractivity contribution in [1.29, 1.82) is 0 Å². The van der Waals surface area contributed by atoms with E-state index in [1.807, 2.05) is 49.4 Å². The van der Waals surface area contributed by atoms with Gasteiger partial charge in [-0.15, -0.1) is 10.2 Å². The van der Waals surface area contributed by atoms with Gasteiger partial charge in [0.05, 0.1) is 6.42 Å². The molecule has 7 heteroatoms. The van der Waals surface area contributed by atoms with Crippen LogP contribution in [0.5, 0.6) is 0 Å². The third kappa shape index (κ3) is 4.52. The lowest BCUT2D eigenvalue weighted by molar-refractivity contribution is -0.136. The molecule has 6 nitrogen and oxygen atoms in total. The highest BCUT2D eigenvalue weighted by molar-refractivity contribution is 7.13. The third-order valence-corrected chi connectivity index (χ3v) is 4.67. The zero-order chi connectivity index (χ0) is 18.5. The molecule has 2 N–H and O–H groups in total. The summed E-state index contributed by atoms with van der Waals surface area (Å²) in [5.74, 6) is -1.26. The Morgan fingerprint density at radius 3 is 2.54 bits per heavy atom. The maximum Gasteiger partial charge on any atom is 0.303 e. The number of carboxylic acids is 1. The second kappa shape index (κ2) is 7.88. The van der Waals surface area contributed by atoms with Crippen molar-refractivity contribution in [2.24, 2.45) is 0 Å². The van der Waals surface area contributed by atoms with Crippen LogP contribution < -0.4 is 5.32 Å². The van der Waals surface area contributed by atoms with Gasteiger partial charge in [0.15, 0.2) is 0 Å². The zero-order valence-electron chi connectivity index (χ0n) is 14.1. The lowest BCUT2D eigenvalue weighted by Gasteiger charge is -2.07. The first-order valence-corrected chi connectivity index (χ1v) is 8.85.